The lowest BCUT2D eigenvalue weighted by Gasteiger charge is -2.28. The molecular formula is C20H35N3O4Si. The van der Waals surface area contributed by atoms with E-state index in [-0.39, 0.29) is 18.2 Å². The highest BCUT2D eigenvalue weighted by Crippen LogP contribution is 2.31. The first-order chi connectivity index (χ1) is 12.8. The van der Waals surface area contributed by atoms with Crippen LogP contribution in [0, 0.1) is 0 Å². The summed E-state index contributed by atoms with van der Waals surface area (Å²) in [5.41, 5.74) is 6.68. The fourth-order valence-corrected chi connectivity index (χ4v) is 2.80. The van der Waals surface area contributed by atoms with Crippen LogP contribution in [0.4, 0.5) is 16.3 Å². The maximum absolute atomic E-state index is 12.8. The normalized spacial score (nSPS) is 11.8. The van der Waals surface area contributed by atoms with E-state index < -0.39 is 19.8 Å². The monoisotopic (exact) mass is 409 g/mol. The third-order valence-corrected chi connectivity index (χ3v) is 5.19. The number of ether oxygens (including phenoxy) is 3. The molecule has 1 aromatic heterocycles. The Balaban J connectivity index is 3.04. The summed E-state index contributed by atoms with van der Waals surface area (Å²) in [7, 11) is -1.24. The molecule has 0 bridgehead atoms. The van der Waals surface area contributed by atoms with E-state index in [0.717, 1.165) is 11.6 Å². The molecular weight excluding hydrogens is 374 g/mol. The first-order valence-electron chi connectivity index (χ1n) is 9.40. The summed E-state index contributed by atoms with van der Waals surface area (Å²) in [5, 5.41) is 0. The van der Waals surface area contributed by atoms with Crippen LogP contribution in [-0.4, -0.2) is 44.7 Å². The third kappa shape index (κ3) is 8.75. The van der Waals surface area contributed by atoms with Gasteiger partial charge in [-0.25, -0.2) is 14.7 Å². The standard InChI is InChI=1S/C20H35N3O4Si/c1-15(2)13-26-16-9-10-22-18(17(16)21)23(19(24)27-20(3,4)5)14-25-11-12-28(6,7)8/h9-10H,1,11-14,21H2,2-8H3. The predicted molar refractivity (Wildman–Crippen MR) is 117 cm³/mol. The van der Waals surface area contributed by atoms with Crippen LogP contribution in [0.15, 0.2) is 24.4 Å². The second-order valence-electron chi connectivity index (χ2n) is 9.05. The summed E-state index contributed by atoms with van der Waals surface area (Å²) in [5.74, 6) is 0.685. The quantitative estimate of drug-likeness (QED) is 0.276. The van der Waals surface area contributed by atoms with Gasteiger partial charge in [0, 0.05) is 26.9 Å². The summed E-state index contributed by atoms with van der Waals surface area (Å²) in [6, 6.07) is 2.64. The van der Waals surface area contributed by atoms with E-state index in [2.05, 4.69) is 31.2 Å². The van der Waals surface area contributed by atoms with Crippen molar-refractivity contribution in [1.82, 2.24) is 4.98 Å². The predicted octanol–water partition coefficient (Wildman–Crippen LogP) is 4.67. The minimum absolute atomic E-state index is 0.000529. The molecule has 0 aliphatic carbocycles. The van der Waals surface area contributed by atoms with Gasteiger partial charge in [0.05, 0.1) is 0 Å². The Bertz CT molecular complexity index is 681. The smallest absolute Gasteiger partial charge is 0.418 e. The number of anilines is 2. The van der Waals surface area contributed by atoms with Crippen molar-refractivity contribution >= 4 is 25.7 Å². The molecule has 0 aromatic carbocycles. The highest BCUT2D eigenvalue weighted by molar-refractivity contribution is 6.76. The number of amides is 1. The van der Waals surface area contributed by atoms with E-state index >= 15 is 0 Å². The zero-order valence-corrected chi connectivity index (χ0v) is 19.3. The molecule has 0 unspecified atom stereocenters. The second kappa shape index (κ2) is 9.93. The molecule has 1 heterocycles. The number of carbonyl (C=O) groups is 1. The van der Waals surface area contributed by atoms with Crippen LogP contribution in [0.1, 0.15) is 27.7 Å². The van der Waals surface area contributed by atoms with Crippen molar-refractivity contribution in [3.63, 3.8) is 0 Å². The SMILES string of the molecule is C=C(C)COc1ccnc(N(COCC[Si](C)(C)C)C(=O)OC(C)(C)C)c1N. The van der Waals surface area contributed by atoms with E-state index in [1.807, 2.05) is 6.92 Å². The van der Waals surface area contributed by atoms with Crippen LogP contribution in [0.5, 0.6) is 5.75 Å². The lowest BCUT2D eigenvalue weighted by Crippen LogP contribution is -2.39. The van der Waals surface area contributed by atoms with Gasteiger partial charge in [-0.1, -0.05) is 26.2 Å². The Hall–Kier alpha value is -2.06. The highest BCUT2D eigenvalue weighted by atomic mass is 28.3. The van der Waals surface area contributed by atoms with Gasteiger partial charge in [-0.15, -0.1) is 0 Å². The third-order valence-electron chi connectivity index (χ3n) is 3.49. The Morgan fingerprint density at radius 1 is 1.32 bits per heavy atom. The molecule has 0 atom stereocenters. The molecule has 0 aliphatic rings. The van der Waals surface area contributed by atoms with Gasteiger partial charge in [0.15, 0.2) is 5.82 Å². The summed E-state index contributed by atoms with van der Waals surface area (Å²) >= 11 is 0. The van der Waals surface area contributed by atoms with Crippen LogP contribution in [0.3, 0.4) is 0 Å². The van der Waals surface area contributed by atoms with Gasteiger partial charge in [-0.3, -0.25) is 0 Å². The van der Waals surface area contributed by atoms with Crippen molar-refractivity contribution in [3.05, 3.63) is 24.4 Å². The Morgan fingerprint density at radius 3 is 2.50 bits per heavy atom. The molecule has 2 N–H and O–H groups in total. The van der Waals surface area contributed by atoms with Crippen LogP contribution >= 0.6 is 0 Å². The number of pyridine rings is 1. The van der Waals surface area contributed by atoms with E-state index in [9.17, 15) is 4.79 Å². The minimum atomic E-state index is -1.24. The topological polar surface area (TPSA) is 86.9 Å². The summed E-state index contributed by atoms with van der Waals surface area (Å²) in [4.78, 5) is 18.3. The molecule has 1 aromatic rings. The fraction of sp³-hybridized carbons (Fsp3) is 0.600. The van der Waals surface area contributed by atoms with Crippen molar-refractivity contribution in [3.8, 4) is 5.75 Å². The maximum Gasteiger partial charge on any atom is 0.418 e. The molecule has 0 radical (unpaired) electrons. The number of nitrogens with two attached hydrogens (primary N) is 1. The summed E-state index contributed by atoms with van der Waals surface area (Å²) in [6.07, 6.45) is 0.968. The molecule has 0 fully saturated rings. The average molecular weight is 410 g/mol. The molecule has 0 saturated carbocycles. The number of nitrogen functional groups attached to an aromatic ring is 1. The van der Waals surface area contributed by atoms with Crippen molar-refractivity contribution < 1.29 is 19.0 Å². The van der Waals surface area contributed by atoms with Crippen LogP contribution in [-0.2, 0) is 9.47 Å². The van der Waals surface area contributed by atoms with Crippen molar-refractivity contribution in [1.29, 1.82) is 0 Å². The maximum atomic E-state index is 12.8. The molecule has 7 nitrogen and oxygen atoms in total. The summed E-state index contributed by atoms with van der Waals surface area (Å²) < 4.78 is 16.9. The number of aromatic nitrogens is 1. The lowest BCUT2D eigenvalue weighted by atomic mass is 10.2. The molecule has 0 saturated heterocycles. The zero-order chi connectivity index (χ0) is 21.5. The fourth-order valence-electron chi connectivity index (χ4n) is 2.04. The Morgan fingerprint density at radius 2 is 1.96 bits per heavy atom. The van der Waals surface area contributed by atoms with Gasteiger partial charge in [-0.2, -0.15) is 0 Å². The van der Waals surface area contributed by atoms with E-state index in [1.54, 1.807) is 33.0 Å². The average Bonchev–Trinajstić information content (AvgIpc) is 2.51. The van der Waals surface area contributed by atoms with Crippen molar-refractivity contribution in [2.45, 2.75) is 59.0 Å². The number of hydrogen-bond acceptors (Lipinski definition) is 6. The summed E-state index contributed by atoms with van der Waals surface area (Å²) in [6.45, 7) is 18.8. The number of carbonyl (C=O) groups excluding carboxylic acids is 1. The highest BCUT2D eigenvalue weighted by Gasteiger charge is 2.27. The molecule has 0 aliphatic heterocycles. The van der Waals surface area contributed by atoms with Gasteiger partial charge in [0.25, 0.3) is 0 Å². The largest absolute Gasteiger partial charge is 0.487 e. The molecule has 28 heavy (non-hydrogen) atoms. The molecule has 158 valence electrons. The van der Waals surface area contributed by atoms with Gasteiger partial charge in [0.2, 0.25) is 0 Å². The molecule has 8 heteroatoms. The number of rotatable bonds is 9. The van der Waals surface area contributed by atoms with Gasteiger partial charge in [-0.05, 0) is 39.3 Å². The molecule has 1 rings (SSSR count). The first kappa shape index (κ1) is 24.0. The Kier molecular flexibility index (Phi) is 8.50. The second-order valence-corrected chi connectivity index (χ2v) is 14.7. The van der Waals surface area contributed by atoms with Crippen molar-refractivity contribution in [2.75, 3.05) is 30.6 Å². The van der Waals surface area contributed by atoms with E-state index in [0.29, 0.717) is 19.0 Å². The van der Waals surface area contributed by atoms with E-state index in [4.69, 9.17) is 19.9 Å². The zero-order valence-electron chi connectivity index (χ0n) is 18.3. The molecule has 1 amide bonds. The lowest BCUT2D eigenvalue weighted by molar-refractivity contribution is 0.0498. The van der Waals surface area contributed by atoms with E-state index in [1.165, 1.54) is 4.90 Å². The van der Waals surface area contributed by atoms with Crippen LogP contribution in [0.25, 0.3) is 0 Å². The van der Waals surface area contributed by atoms with Crippen LogP contribution in [0.2, 0.25) is 25.7 Å². The molecule has 0 spiro atoms. The first-order valence-corrected chi connectivity index (χ1v) is 13.1. The Labute approximate surface area is 169 Å². The van der Waals surface area contributed by atoms with Gasteiger partial charge < -0.3 is 19.9 Å². The van der Waals surface area contributed by atoms with Gasteiger partial charge >= 0.3 is 6.09 Å². The van der Waals surface area contributed by atoms with Crippen LogP contribution < -0.4 is 15.4 Å². The minimum Gasteiger partial charge on any atom is -0.487 e. The number of hydrogen-bond donors (Lipinski definition) is 1. The van der Waals surface area contributed by atoms with Gasteiger partial charge in [0.1, 0.15) is 30.4 Å². The number of nitrogens with zero attached hydrogens (tertiary/aromatic N) is 2. The van der Waals surface area contributed by atoms with Crippen molar-refractivity contribution in [2.24, 2.45) is 0 Å².